The first-order valence-corrected chi connectivity index (χ1v) is 10.5. The lowest BCUT2D eigenvalue weighted by atomic mass is 9.90. The van der Waals surface area contributed by atoms with Gasteiger partial charge in [-0.15, -0.1) is 0 Å². The molecular formula is C23H25F3N4O2. The number of para-hydroxylation sites is 1. The number of hydrogen-bond acceptors (Lipinski definition) is 4. The maximum atomic E-state index is 13.1. The zero-order chi connectivity index (χ0) is 22.9. The minimum absolute atomic E-state index is 0.0398. The number of halogens is 3. The van der Waals surface area contributed by atoms with Gasteiger partial charge in [0.15, 0.2) is 5.69 Å². The van der Waals surface area contributed by atoms with Gasteiger partial charge in [-0.25, -0.2) is 4.98 Å². The number of pyridine rings is 1. The van der Waals surface area contributed by atoms with Crippen LogP contribution < -0.4 is 15.0 Å². The first kappa shape index (κ1) is 22.0. The molecular weight excluding hydrogens is 421 g/mol. The van der Waals surface area contributed by atoms with Crippen molar-refractivity contribution in [1.82, 2.24) is 14.7 Å². The number of carbonyl (C=O) groups is 1. The molecule has 32 heavy (non-hydrogen) atoms. The summed E-state index contributed by atoms with van der Waals surface area (Å²) < 4.78 is 46.0. The zero-order valence-corrected chi connectivity index (χ0v) is 17.9. The monoisotopic (exact) mass is 446 g/mol. The van der Waals surface area contributed by atoms with Gasteiger partial charge in [0, 0.05) is 25.3 Å². The average Bonchev–Trinajstić information content (AvgIpc) is 3.24. The molecule has 0 bridgehead atoms. The van der Waals surface area contributed by atoms with Crippen LogP contribution in [0, 0.1) is 0 Å². The first-order valence-electron chi connectivity index (χ1n) is 10.5. The van der Waals surface area contributed by atoms with E-state index in [1.54, 1.807) is 36.4 Å². The van der Waals surface area contributed by atoms with Crippen LogP contribution in [0.5, 0.6) is 5.75 Å². The highest BCUT2D eigenvalue weighted by Crippen LogP contribution is 2.32. The molecule has 0 saturated heterocycles. The number of benzene rings is 1. The molecule has 1 saturated carbocycles. The summed E-state index contributed by atoms with van der Waals surface area (Å²) >= 11 is 0. The third-order valence-corrected chi connectivity index (χ3v) is 6.05. The highest BCUT2D eigenvalue weighted by atomic mass is 19.4. The van der Waals surface area contributed by atoms with E-state index in [0.717, 1.165) is 31.9 Å². The molecule has 1 aliphatic rings. The number of fused-ring (bicyclic) bond motifs is 1. The van der Waals surface area contributed by atoms with Crippen molar-refractivity contribution < 1.29 is 22.7 Å². The van der Waals surface area contributed by atoms with Crippen LogP contribution in [-0.2, 0) is 6.18 Å². The molecule has 1 aliphatic carbocycles. The summed E-state index contributed by atoms with van der Waals surface area (Å²) in [6.45, 7) is 0. The van der Waals surface area contributed by atoms with Crippen molar-refractivity contribution in [3.05, 3.63) is 59.9 Å². The van der Waals surface area contributed by atoms with Crippen molar-refractivity contribution in [1.29, 1.82) is 0 Å². The van der Waals surface area contributed by atoms with Crippen LogP contribution in [0.3, 0.4) is 0 Å². The number of hydrogen-bond donors (Lipinski definition) is 1. The fourth-order valence-electron chi connectivity index (χ4n) is 4.31. The molecule has 2 heterocycles. The Morgan fingerprint density at radius 2 is 1.84 bits per heavy atom. The van der Waals surface area contributed by atoms with Crippen molar-refractivity contribution >= 4 is 17.4 Å². The number of ether oxygens (including phenoxy) is 1. The van der Waals surface area contributed by atoms with E-state index in [1.165, 1.54) is 11.5 Å². The van der Waals surface area contributed by atoms with E-state index in [4.69, 9.17) is 4.74 Å². The van der Waals surface area contributed by atoms with Crippen LogP contribution in [0.15, 0.2) is 48.7 Å². The Morgan fingerprint density at radius 3 is 2.53 bits per heavy atom. The van der Waals surface area contributed by atoms with Gasteiger partial charge in [0.2, 0.25) is 0 Å². The molecule has 3 aromatic rings. The molecule has 4 rings (SSSR count). The second-order valence-corrected chi connectivity index (χ2v) is 8.03. The van der Waals surface area contributed by atoms with Gasteiger partial charge in [0.05, 0.1) is 12.7 Å². The standard InChI is InChI=1S/C23H25F3N4O2/c1-29(21-9-5-8-20-28-19(14-30(20)21)23(24,25)26)16-12-10-15(11-13-16)27-22(31)17-6-3-4-7-18(17)32-2/h3-9,14-16H,10-13H2,1-2H3,(H,27,31). The van der Waals surface area contributed by atoms with E-state index in [1.807, 2.05) is 18.0 Å². The Labute approximate surface area is 184 Å². The van der Waals surface area contributed by atoms with Crippen molar-refractivity contribution in [2.24, 2.45) is 0 Å². The van der Waals surface area contributed by atoms with Gasteiger partial charge in [-0.05, 0) is 49.9 Å². The second-order valence-electron chi connectivity index (χ2n) is 8.03. The van der Waals surface area contributed by atoms with Crippen LogP contribution in [0.25, 0.3) is 5.65 Å². The van der Waals surface area contributed by atoms with Gasteiger partial charge in [-0.3, -0.25) is 9.20 Å². The van der Waals surface area contributed by atoms with Crippen LogP contribution in [0.4, 0.5) is 19.0 Å². The second kappa shape index (κ2) is 8.72. The minimum Gasteiger partial charge on any atom is -0.496 e. The molecule has 2 aromatic heterocycles. The number of methoxy groups -OCH3 is 1. The number of nitrogens with zero attached hydrogens (tertiary/aromatic N) is 3. The Hall–Kier alpha value is -3.23. The molecule has 1 aromatic carbocycles. The molecule has 170 valence electrons. The van der Waals surface area contributed by atoms with Gasteiger partial charge >= 0.3 is 6.18 Å². The Morgan fingerprint density at radius 1 is 1.12 bits per heavy atom. The molecule has 0 spiro atoms. The van der Waals surface area contributed by atoms with Gasteiger partial charge in [-0.1, -0.05) is 18.2 Å². The van der Waals surface area contributed by atoms with Crippen LogP contribution in [-0.4, -0.2) is 41.5 Å². The van der Waals surface area contributed by atoms with Crippen LogP contribution >= 0.6 is 0 Å². The van der Waals surface area contributed by atoms with Gasteiger partial charge < -0.3 is 15.0 Å². The lowest BCUT2D eigenvalue weighted by molar-refractivity contribution is -0.140. The van der Waals surface area contributed by atoms with Crippen molar-refractivity contribution in [2.75, 3.05) is 19.1 Å². The van der Waals surface area contributed by atoms with E-state index in [2.05, 4.69) is 10.3 Å². The average molecular weight is 446 g/mol. The van der Waals surface area contributed by atoms with Crippen LogP contribution in [0.2, 0.25) is 0 Å². The highest BCUT2D eigenvalue weighted by molar-refractivity contribution is 5.97. The normalized spacial score (nSPS) is 19.0. The molecule has 1 N–H and O–H groups in total. The summed E-state index contributed by atoms with van der Waals surface area (Å²) in [5, 5.41) is 3.08. The summed E-state index contributed by atoms with van der Waals surface area (Å²) in [6.07, 6.45) is -0.262. The molecule has 9 heteroatoms. The maximum Gasteiger partial charge on any atom is 0.434 e. The molecule has 1 fully saturated rings. The summed E-state index contributed by atoms with van der Waals surface area (Å²) in [4.78, 5) is 18.4. The number of imidazole rings is 1. The minimum atomic E-state index is -4.49. The number of amides is 1. The Balaban J connectivity index is 1.42. The Kier molecular flexibility index (Phi) is 5.99. The molecule has 1 amide bonds. The van der Waals surface area contributed by atoms with Crippen molar-refractivity contribution in [3.63, 3.8) is 0 Å². The van der Waals surface area contributed by atoms with E-state index in [0.29, 0.717) is 17.1 Å². The van der Waals surface area contributed by atoms with E-state index >= 15 is 0 Å². The number of aromatic nitrogens is 2. The van der Waals surface area contributed by atoms with E-state index in [-0.39, 0.29) is 23.6 Å². The Bertz CT molecular complexity index is 1100. The number of nitrogens with one attached hydrogen (secondary N) is 1. The summed E-state index contributed by atoms with van der Waals surface area (Å²) in [5.74, 6) is 1.03. The number of anilines is 1. The van der Waals surface area contributed by atoms with Crippen molar-refractivity contribution in [3.8, 4) is 5.75 Å². The van der Waals surface area contributed by atoms with Crippen molar-refractivity contribution in [2.45, 2.75) is 43.9 Å². The predicted molar refractivity (Wildman–Crippen MR) is 115 cm³/mol. The maximum absolute atomic E-state index is 13.1. The number of alkyl halides is 3. The molecule has 0 aliphatic heterocycles. The third-order valence-electron chi connectivity index (χ3n) is 6.05. The smallest absolute Gasteiger partial charge is 0.434 e. The van der Waals surface area contributed by atoms with Gasteiger partial charge in [0.1, 0.15) is 17.2 Å². The predicted octanol–water partition coefficient (Wildman–Crippen LogP) is 4.54. The summed E-state index contributed by atoms with van der Waals surface area (Å²) in [5.41, 5.74) is -0.137. The van der Waals surface area contributed by atoms with Gasteiger partial charge in [0.25, 0.3) is 5.91 Å². The van der Waals surface area contributed by atoms with E-state index in [9.17, 15) is 18.0 Å². The molecule has 6 nitrogen and oxygen atoms in total. The quantitative estimate of drug-likeness (QED) is 0.625. The number of rotatable bonds is 5. The first-order chi connectivity index (χ1) is 15.3. The lowest BCUT2D eigenvalue weighted by Gasteiger charge is -2.36. The summed E-state index contributed by atoms with van der Waals surface area (Å²) in [7, 11) is 3.42. The molecule has 0 atom stereocenters. The number of carbonyl (C=O) groups excluding carboxylic acids is 1. The fraction of sp³-hybridized carbons (Fsp3) is 0.391. The fourth-order valence-corrected chi connectivity index (χ4v) is 4.31. The lowest BCUT2D eigenvalue weighted by Crippen LogP contribution is -2.43. The topological polar surface area (TPSA) is 58.9 Å². The zero-order valence-electron chi connectivity index (χ0n) is 17.9. The van der Waals surface area contributed by atoms with E-state index < -0.39 is 11.9 Å². The third kappa shape index (κ3) is 4.37. The SMILES string of the molecule is COc1ccccc1C(=O)NC1CCC(N(C)c2cccc3nc(C(F)(F)F)cn23)CC1. The van der Waals surface area contributed by atoms with Gasteiger partial charge in [-0.2, -0.15) is 13.2 Å². The largest absolute Gasteiger partial charge is 0.496 e. The molecule has 0 unspecified atom stereocenters. The van der Waals surface area contributed by atoms with Crippen LogP contribution in [0.1, 0.15) is 41.7 Å². The highest BCUT2D eigenvalue weighted by Gasteiger charge is 2.34. The molecule has 0 radical (unpaired) electrons. The summed E-state index contributed by atoms with van der Waals surface area (Å²) in [6, 6.07) is 12.4.